The summed E-state index contributed by atoms with van der Waals surface area (Å²) in [4.78, 5) is 12.3. The van der Waals surface area contributed by atoms with Gasteiger partial charge in [0.05, 0.1) is 6.04 Å². The molecule has 26 heavy (non-hydrogen) atoms. The van der Waals surface area contributed by atoms with Crippen LogP contribution < -0.4 is 14.8 Å². The minimum Gasteiger partial charge on any atom is -0.486 e. The molecule has 5 heteroatoms. The van der Waals surface area contributed by atoms with Gasteiger partial charge in [-0.05, 0) is 35.8 Å². The Morgan fingerprint density at radius 3 is 2.58 bits per heavy atom. The molecule has 0 bridgehead atoms. The first-order valence-electron chi connectivity index (χ1n) is 8.67. The number of carbonyl (C=O) groups excluding carboxylic acids is 1. The van der Waals surface area contributed by atoms with Crippen LogP contribution in [0.25, 0.3) is 6.08 Å². The van der Waals surface area contributed by atoms with Crippen molar-refractivity contribution in [2.24, 2.45) is 5.92 Å². The molecule has 0 spiro atoms. The summed E-state index contributed by atoms with van der Waals surface area (Å²) in [6, 6.07) is 11.8. The molecule has 2 aromatic carbocycles. The van der Waals surface area contributed by atoms with Gasteiger partial charge in [-0.1, -0.05) is 38.1 Å². The van der Waals surface area contributed by atoms with Crippen LogP contribution in [-0.4, -0.2) is 19.1 Å². The molecule has 0 saturated carbocycles. The topological polar surface area (TPSA) is 47.6 Å². The number of hydrogen-bond acceptors (Lipinski definition) is 3. The summed E-state index contributed by atoms with van der Waals surface area (Å²) >= 11 is 0. The highest BCUT2D eigenvalue weighted by Gasteiger charge is 2.20. The van der Waals surface area contributed by atoms with Gasteiger partial charge >= 0.3 is 0 Å². The first-order valence-corrected chi connectivity index (χ1v) is 8.67. The van der Waals surface area contributed by atoms with Crippen molar-refractivity contribution in [1.29, 1.82) is 0 Å². The Kier molecular flexibility index (Phi) is 5.56. The molecular formula is C21H22FNO3. The smallest absolute Gasteiger partial charge is 0.244 e. The van der Waals surface area contributed by atoms with Crippen LogP contribution in [0, 0.1) is 11.7 Å². The quantitative estimate of drug-likeness (QED) is 0.821. The number of amides is 1. The number of carbonyl (C=O) groups is 1. The maximum Gasteiger partial charge on any atom is 0.244 e. The fraction of sp³-hybridized carbons (Fsp3) is 0.286. The van der Waals surface area contributed by atoms with Crippen LogP contribution in [0.3, 0.4) is 0 Å². The number of hydrogen-bond donors (Lipinski definition) is 1. The lowest BCUT2D eigenvalue weighted by Crippen LogP contribution is -2.30. The third-order valence-corrected chi connectivity index (χ3v) is 4.21. The van der Waals surface area contributed by atoms with E-state index in [0.717, 1.165) is 5.56 Å². The first-order chi connectivity index (χ1) is 12.5. The van der Waals surface area contributed by atoms with Crippen molar-refractivity contribution in [3.63, 3.8) is 0 Å². The molecule has 136 valence electrons. The average molecular weight is 355 g/mol. The Balaban J connectivity index is 1.74. The zero-order valence-electron chi connectivity index (χ0n) is 14.9. The fourth-order valence-electron chi connectivity index (χ4n) is 2.87. The molecule has 1 atom stereocenters. The molecule has 2 aromatic rings. The van der Waals surface area contributed by atoms with Crippen LogP contribution in [-0.2, 0) is 4.79 Å². The summed E-state index contributed by atoms with van der Waals surface area (Å²) in [7, 11) is 0. The van der Waals surface area contributed by atoms with Crippen LogP contribution >= 0.6 is 0 Å². The molecule has 1 aliphatic rings. The summed E-state index contributed by atoms with van der Waals surface area (Å²) < 4.78 is 24.8. The van der Waals surface area contributed by atoms with Gasteiger partial charge in [-0.25, -0.2) is 4.39 Å². The molecular weight excluding hydrogens is 333 g/mol. The molecule has 0 saturated heterocycles. The minimum atomic E-state index is -0.358. The lowest BCUT2D eigenvalue weighted by molar-refractivity contribution is -0.117. The summed E-state index contributed by atoms with van der Waals surface area (Å²) in [5.41, 5.74) is 1.32. The predicted octanol–water partition coefficient (Wildman–Crippen LogP) is 4.12. The van der Waals surface area contributed by atoms with Crippen molar-refractivity contribution in [3.8, 4) is 11.5 Å². The Bertz CT molecular complexity index is 817. The molecule has 1 N–H and O–H groups in total. The van der Waals surface area contributed by atoms with Crippen molar-refractivity contribution < 1.29 is 18.7 Å². The van der Waals surface area contributed by atoms with Crippen LogP contribution in [0.1, 0.15) is 31.0 Å². The van der Waals surface area contributed by atoms with Crippen molar-refractivity contribution in [1.82, 2.24) is 5.32 Å². The number of rotatable bonds is 5. The van der Waals surface area contributed by atoms with Crippen LogP contribution in [0.5, 0.6) is 11.5 Å². The Morgan fingerprint density at radius 1 is 1.12 bits per heavy atom. The molecule has 0 unspecified atom stereocenters. The normalized spacial score (nSPS) is 14.5. The fourth-order valence-corrected chi connectivity index (χ4v) is 2.87. The molecule has 0 fully saturated rings. The SMILES string of the molecule is CC(C)[C@H](NC(=O)/C=C/c1ccccc1F)c1ccc2c(c1)OCCO2. The lowest BCUT2D eigenvalue weighted by Gasteiger charge is -2.25. The third-order valence-electron chi connectivity index (χ3n) is 4.21. The Morgan fingerprint density at radius 2 is 1.85 bits per heavy atom. The van der Waals surface area contributed by atoms with E-state index in [2.05, 4.69) is 5.32 Å². The first kappa shape index (κ1) is 18.0. The Hall–Kier alpha value is -2.82. The number of fused-ring (bicyclic) bond motifs is 1. The van der Waals surface area contributed by atoms with E-state index >= 15 is 0 Å². The highest BCUT2D eigenvalue weighted by molar-refractivity contribution is 5.92. The highest BCUT2D eigenvalue weighted by atomic mass is 19.1. The molecule has 3 rings (SSSR count). The van der Waals surface area contributed by atoms with Crippen molar-refractivity contribution >= 4 is 12.0 Å². The standard InChI is InChI=1S/C21H22FNO3/c1-14(2)21(16-7-9-18-19(13-16)26-12-11-25-18)23-20(24)10-8-15-5-3-4-6-17(15)22/h3-10,13-14,21H,11-12H2,1-2H3,(H,23,24)/b10-8+/t21-/m0/s1. The van der Waals surface area contributed by atoms with Gasteiger partial charge in [0.1, 0.15) is 19.0 Å². The summed E-state index contributed by atoms with van der Waals surface area (Å²) in [6.07, 6.45) is 2.83. The van der Waals surface area contributed by atoms with E-state index in [9.17, 15) is 9.18 Å². The maximum absolute atomic E-state index is 13.6. The highest BCUT2D eigenvalue weighted by Crippen LogP contribution is 2.34. The molecule has 0 radical (unpaired) electrons. The van der Waals surface area contributed by atoms with E-state index in [1.165, 1.54) is 18.2 Å². The number of ether oxygens (including phenoxy) is 2. The van der Waals surface area contributed by atoms with Gasteiger partial charge < -0.3 is 14.8 Å². The van der Waals surface area contributed by atoms with E-state index in [4.69, 9.17) is 9.47 Å². The second-order valence-electron chi connectivity index (χ2n) is 6.49. The van der Waals surface area contributed by atoms with E-state index in [1.54, 1.807) is 18.2 Å². The summed E-state index contributed by atoms with van der Waals surface area (Å²) in [5, 5.41) is 2.98. The van der Waals surface area contributed by atoms with E-state index < -0.39 is 0 Å². The summed E-state index contributed by atoms with van der Waals surface area (Å²) in [6.45, 7) is 5.11. The van der Waals surface area contributed by atoms with Gasteiger partial charge in [-0.3, -0.25) is 4.79 Å². The lowest BCUT2D eigenvalue weighted by atomic mass is 9.95. The second kappa shape index (κ2) is 8.04. The van der Waals surface area contributed by atoms with E-state index in [0.29, 0.717) is 30.3 Å². The van der Waals surface area contributed by atoms with Gasteiger partial charge in [-0.15, -0.1) is 0 Å². The monoisotopic (exact) mass is 355 g/mol. The van der Waals surface area contributed by atoms with Gasteiger partial charge in [0.15, 0.2) is 11.5 Å². The zero-order chi connectivity index (χ0) is 18.5. The van der Waals surface area contributed by atoms with E-state index in [1.807, 2.05) is 32.0 Å². The molecule has 1 heterocycles. The van der Waals surface area contributed by atoms with Gasteiger partial charge in [0.25, 0.3) is 0 Å². The number of nitrogens with one attached hydrogen (secondary N) is 1. The van der Waals surface area contributed by atoms with Crippen LogP contribution in [0.15, 0.2) is 48.5 Å². The molecule has 0 aromatic heterocycles. The van der Waals surface area contributed by atoms with Crippen LogP contribution in [0.4, 0.5) is 4.39 Å². The number of benzene rings is 2. The maximum atomic E-state index is 13.6. The van der Waals surface area contributed by atoms with Crippen LogP contribution in [0.2, 0.25) is 0 Å². The predicted molar refractivity (Wildman–Crippen MR) is 98.6 cm³/mol. The van der Waals surface area contributed by atoms with Crippen molar-refractivity contribution in [2.75, 3.05) is 13.2 Å². The molecule has 1 aliphatic heterocycles. The third kappa shape index (κ3) is 4.23. The minimum absolute atomic E-state index is 0.170. The Labute approximate surface area is 152 Å². The molecule has 0 aliphatic carbocycles. The average Bonchev–Trinajstić information content (AvgIpc) is 2.65. The number of halogens is 1. The van der Waals surface area contributed by atoms with Crippen molar-refractivity contribution in [2.45, 2.75) is 19.9 Å². The largest absolute Gasteiger partial charge is 0.486 e. The van der Waals surface area contributed by atoms with Crippen molar-refractivity contribution in [3.05, 3.63) is 65.5 Å². The zero-order valence-corrected chi connectivity index (χ0v) is 14.9. The van der Waals surface area contributed by atoms with Gasteiger partial charge in [0.2, 0.25) is 5.91 Å². The molecule has 1 amide bonds. The van der Waals surface area contributed by atoms with Gasteiger partial charge in [-0.2, -0.15) is 0 Å². The molecule has 4 nitrogen and oxygen atoms in total. The summed E-state index contributed by atoms with van der Waals surface area (Å²) in [5.74, 6) is 0.942. The second-order valence-corrected chi connectivity index (χ2v) is 6.49. The van der Waals surface area contributed by atoms with Gasteiger partial charge in [0, 0.05) is 11.6 Å². The van der Waals surface area contributed by atoms with E-state index in [-0.39, 0.29) is 23.7 Å².